The van der Waals surface area contributed by atoms with Crippen molar-refractivity contribution in [3.8, 4) is 0 Å². The van der Waals surface area contributed by atoms with Crippen LogP contribution in [-0.4, -0.2) is 56.2 Å². The summed E-state index contributed by atoms with van der Waals surface area (Å²) in [7, 11) is 0. The number of carbonyl (C=O) groups excluding carboxylic acids is 3. The van der Waals surface area contributed by atoms with Crippen molar-refractivity contribution < 1.29 is 23.5 Å². The number of nitrogens with one attached hydrogen (secondary N) is 2. The van der Waals surface area contributed by atoms with E-state index in [1.54, 1.807) is 12.1 Å². The van der Waals surface area contributed by atoms with Crippen LogP contribution in [-0.2, 0) is 14.3 Å². The molecule has 0 radical (unpaired) electrons. The van der Waals surface area contributed by atoms with Gasteiger partial charge in [0.1, 0.15) is 11.9 Å². The van der Waals surface area contributed by atoms with E-state index in [9.17, 15) is 18.8 Å². The van der Waals surface area contributed by atoms with Crippen molar-refractivity contribution in [2.45, 2.75) is 26.0 Å². The first kappa shape index (κ1) is 18.0. The van der Waals surface area contributed by atoms with Crippen molar-refractivity contribution in [2.24, 2.45) is 0 Å². The minimum atomic E-state index is -0.567. The molecule has 1 aromatic carbocycles. The summed E-state index contributed by atoms with van der Waals surface area (Å²) >= 11 is 0. The number of carbonyl (C=O) groups is 3. The molecule has 3 rings (SSSR count). The maximum absolute atomic E-state index is 14.5. The molecule has 0 saturated carbocycles. The van der Waals surface area contributed by atoms with Crippen LogP contribution in [0.1, 0.15) is 13.8 Å². The molecular weight excluding hydrogens is 343 g/mol. The molecule has 0 aromatic heterocycles. The second-order valence-electron chi connectivity index (χ2n) is 6.49. The maximum atomic E-state index is 14.5. The van der Waals surface area contributed by atoms with E-state index in [0.717, 1.165) is 0 Å². The Morgan fingerprint density at radius 1 is 1.23 bits per heavy atom. The van der Waals surface area contributed by atoms with E-state index in [-0.39, 0.29) is 30.9 Å². The highest BCUT2D eigenvalue weighted by molar-refractivity contribution is 5.90. The van der Waals surface area contributed by atoms with E-state index in [2.05, 4.69) is 10.6 Å². The summed E-state index contributed by atoms with van der Waals surface area (Å²) < 4.78 is 19.7. The third-order valence-corrected chi connectivity index (χ3v) is 4.33. The molecule has 2 aliphatic rings. The third kappa shape index (κ3) is 3.87. The Bertz CT molecular complexity index is 735. The summed E-state index contributed by atoms with van der Waals surface area (Å²) in [5, 5.41) is 5.38. The Labute approximate surface area is 150 Å². The monoisotopic (exact) mass is 364 g/mol. The van der Waals surface area contributed by atoms with Crippen molar-refractivity contribution in [1.29, 1.82) is 0 Å². The lowest BCUT2D eigenvalue weighted by Gasteiger charge is -2.41. The highest BCUT2D eigenvalue weighted by atomic mass is 19.1. The van der Waals surface area contributed by atoms with Gasteiger partial charge in [0, 0.05) is 26.9 Å². The molecule has 8 nitrogen and oxygen atoms in total. The van der Waals surface area contributed by atoms with Crippen molar-refractivity contribution in [2.75, 3.05) is 36.0 Å². The van der Waals surface area contributed by atoms with Crippen molar-refractivity contribution in [3.63, 3.8) is 0 Å². The standard InChI is InChI=1S/C17H21FN4O4/c1-10(23)19-6-14-9-22(17(25)26-14)13-3-4-16(15(18)5-13)21-7-12(8-21)20-11(2)24/h3-5,12,14H,6-9H2,1-2H3,(H,19,23)(H,20,24)/t14-/m0/s1. The lowest BCUT2D eigenvalue weighted by molar-refractivity contribution is -0.120. The molecule has 1 atom stereocenters. The summed E-state index contributed by atoms with van der Waals surface area (Å²) in [5.74, 6) is -0.754. The Kier molecular flexibility index (Phi) is 4.97. The van der Waals surface area contributed by atoms with Gasteiger partial charge < -0.3 is 20.3 Å². The predicted molar refractivity (Wildman–Crippen MR) is 92.5 cm³/mol. The Balaban J connectivity index is 1.62. The number of hydrogen-bond donors (Lipinski definition) is 2. The first-order chi connectivity index (χ1) is 12.3. The molecule has 0 unspecified atom stereocenters. The summed E-state index contributed by atoms with van der Waals surface area (Å²) in [6, 6.07) is 4.59. The van der Waals surface area contributed by atoms with Gasteiger partial charge in [0.05, 0.1) is 30.5 Å². The normalized spacial score (nSPS) is 19.8. The van der Waals surface area contributed by atoms with Crippen molar-refractivity contribution in [1.82, 2.24) is 10.6 Å². The highest BCUT2D eigenvalue weighted by Gasteiger charge is 2.34. The second-order valence-corrected chi connectivity index (χ2v) is 6.49. The quantitative estimate of drug-likeness (QED) is 0.799. The zero-order valence-electron chi connectivity index (χ0n) is 14.6. The maximum Gasteiger partial charge on any atom is 0.414 e. The van der Waals surface area contributed by atoms with E-state index in [4.69, 9.17) is 4.74 Å². The number of ether oxygens (including phenoxy) is 1. The number of halogens is 1. The van der Waals surface area contributed by atoms with Crippen LogP contribution in [0.2, 0.25) is 0 Å². The number of cyclic esters (lactones) is 1. The Morgan fingerprint density at radius 2 is 1.96 bits per heavy atom. The van der Waals surface area contributed by atoms with E-state index in [1.165, 1.54) is 24.8 Å². The molecule has 140 valence electrons. The van der Waals surface area contributed by atoms with Crippen LogP contribution in [0.15, 0.2) is 18.2 Å². The largest absolute Gasteiger partial charge is 0.442 e. The number of nitrogens with zero attached hydrogens (tertiary/aromatic N) is 2. The molecule has 1 aromatic rings. The SMILES string of the molecule is CC(=O)NC[C@H]1CN(c2ccc(N3CC(NC(C)=O)C3)c(F)c2)C(=O)O1. The fourth-order valence-electron chi connectivity index (χ4n) is 3.07. The number of benzene rings is 1. The fourth-order valence-corrected chi connectivity index (χ4v) is 3.07. The van der Waals surface area contributed by atoms with Crippen LogP contribution in [0.3, 0.4) is 0 Å². The topological polar surface area (TPSA) is 91.0 Å². The van der Waals surface area contributed by atoms with Crippen LogP contribution in [0.5, 0.6) is 0 Å². The van der Waals surface area contributed by atoms with Crippen LogP contribution in [0.25, 0.3) is 0 Å². The third-order valence-electron chi connectivity index (χ3n) is 4.33. The smallest absolute Gasteiger partial charge is 0.414 e. The molecule has 3 amide bonds. The van der Waals surface area contributed by atoms with Gasteiger partial charge in [-0.15, -0.1) is 0 Å². The zero-order chi connectivity index (χ0) is 18.8. The van der Waals surface area contributed by atoms with Gasteiger partial charge in [0.15, 0.2) is 0 Å². The molecule has 2 N–H and O–H groups in total. The summed E-state index contributed by atoms with van der Waals surface area (Å²) in [4.78, 5) is 37.1. The van der Waals surface area contributed by atoms with Crippen LogP contribution >= 0.6 is 0 Å². The molecule has 26 heavy (non-hydrogen) atoms. The lowest BCUT2D eigenvalue weighted by Crippen LogP contribution is -2.59. The number of amides is 3. The molecule has 0 aliphatic carbocycles. The van der Waals surface area contributed by atoms with Crippen LogP contribution in [0.4, 0.5) is 20.6 Å². The second kappa shape index (κ2) is 7.19. The molecule has 0 bridgehead atoms. The van der Waals surface area contributed by atoms with E-state index in [0.29, 0.717) is 24.5 Å². The van der Waals surface area contributed by atoms with Gasteiger partial charge in [0.25, 0.3) is 0 Å². The van der Waals surface area contributed by atoms with Gasteiger partial charge in [-0.2, -0.15) is 0 Å². The van der Waals surface area contributed by atoms with E-state index < -0.39 is 18.0 Å². The average molecular weight is 364 g/mol. The van der Waals surface area contributed by atoms with Gasteiger partial charge in [-0.05, 0) is 18.2 Å². The molecule has 2 saturated heterocycles. The molecule has 2 aliphatic heterocycles. The van der Waals surface area contributed by atoms with Crippen molar-refractivity contribution >= 4 is 29.3 Å². The molecular formula is C17H21FN4O4. The minimum Gasteiger partial charge on any atom is -0.442 e. The number of rotatable bonds is 5. The molecule has 9 heteroatoms. The summed E-state index contributed by atoms with van der Waals surface area (Å²) in [5.41, 5.74) is 0.832. The average Bonchev–Trinajstić information content (AvgIpc) is 2.90. The lowest BCUT2D eigenvalue weighted by atomic mass is 10.1. The Morgan fingerprint density at radius 3 is 2.58 bits per heavy atom. The molecule has 2 fully saturated rings. The van der Waals surface area contributed by atoms with Gasteiger partial charge in [-0.1, -0.05) is 0 Å². The summed E-state index contributed by atoms with van der Waals surface area (Å²) in [6.07, 6.45) is -1.04. The highest BCUT2D eigenvalue weighted by Crippen LogP contribution is 2.30. The van der Waals surface area contributed by atoms with Gasteiger partial charge in [-0.25, -0.2) is 9.18 Å². The predicted octanol–water partition coefficient (Wildman–Crippen LogP) is 0.612. The number of hydrogen-bond acceptors (Lipinski definition) is 5. The first-order valence-electron chi connectivity index (χ1n) is 8.37. The molecule has 0 spiro atoms. The van der Waals surface area contributed by atoms with Gasteiger partial charge in [0.2, 0.25) is 11.8 Å². The van der Waals surface area contributed by atoms with Crippen LogP contribution in [0, 0.1) is 5.82 Å². The Hall–Kier alpha value is -2.84. The van der Waals surface area contributed by atoms with E-state index in [1.807, 2.05) is 4.90 Å². The summed E-state index contributed by atoms with van der Waals surface area (Å²) in [6.45, 7) is 4.38. The van der Waals surface area contributed by atoms with Gasteiger partial charge >= 0.3 is 6.09 Å². The number of anilines is 2. The minimum absolute atomic E-state index is 0.0228. The fraction of sp³-hybridized carbons (Fsp3) is 0.471. The molecule has 2 heterocycles. The van der Waals surface area contributed by atoms with Gasteiger partial charge in [-0.3, -0.25) is 14.5 Å². The van der Waals surface area contributed by atoms with E-state index >= 15 is 0 Å². The first-order valence-corrected chi connectivity index (χ1v) is 8.37. The zero-order valence-corrected chi connectivity index (χ0v) is 14.6. The van der Waals surface area contributed by atoms with Crippen molar-refractivity contribution in [3.05, 3.63) is 24.0 Å². The van der Waals surface area contributed by atoms with Crippen LogP contribution < -0.4 is 20.4 Å².